The molecular formula is C19H31Cl2N3O3. The number of halogens is 2. The number of hydrogen-bond acceptors (Lipinski definition) is 5. The van der Waals surface area contributed by atoms with Crippen LogP contribution in [0.5, 0.6) is 5.75 Å². The SMILES string of the molecule is COc1cccc(CN2CCN(C(=O)[C@H]3CC[C@H](N)[C@@H](O)C3)CC2)c1.Cl.Cl. The van der Waals surface area contributed by atoms with Gasteiger partial charge in [0.25, 0.3) is 0 Å². The van der Waals surface area contributed by atoms with E-state index in [9.17, 15) is 9.90 Å². The second kappa shape index (κ2) is 11.1. The van der Waals surface area contributed by atoms with E-state index in [2.05, 4.69) is 17.0 Å². The minimum atomic E-state index is -0.544. The van der Waals surface area contributed by atoms with Crippen molar-refractivity contribution in [2.45, 2.75) is 38.0 Å². The zero-order chi connectivity index (χ0) is 17.8. The van der Waals surface area contributed by atoms with E-state index in [0.717, 1.165) is 51.3 Å². The standard InChI is InChI=1S/C19H29N3O3.2ClH/c1-25-16-4-2-3-14(11-16)13-21-7-9-22(10-8-21)19(24)15-5-6-17(20)18(23)12-15;;/h2-4,11,15,17-18,23H,5-10,12-13,20H2,1H3;2*1H/t15-,17-,18-;;/m0../s1. The smallest absolute Gasteiger partial charge is 0.225 e. The van der Waals surface area contributed by atoms with Crippen molar-refractivity contribution in [3.05, 3.63) is 29.8 Å². The third-order valence-corrected chi connectivity index (χ3v) is 5.44. The van der Waals surface area contributed by atoms with Crippen molar-refractivity contribution in [2.75, 3.05) is 33.3 Å². The van der Waals surface area contributed by atoms with Crippen molar-refractivity contribution in [1.82, 2.24) is 9.80 Å². The highest BCUT2D eigenvalue weighted by molar-refractivity contribution is 5.85. The fourth-order valence-corrected chi connectivity index (χ4v) is 3.81. The van der Waals surface area contributed by atoms with Gasteiger partial charge in [-0.15, -0.1) is 24.8 Å². The van der Waals surface area contributed by atoms with Crippen LogP contribution in [0.1, 0.15) is 24.8 Å². The number of aliphatic hydroxyl groups is 1. The zero-order valence-electron chi connectivity index (χ0n) is 15.8. The number of piperazine rings is 1. The summed E-state index contributed by atoms with van der Waals surface area (Å²) < 4.78 is 5.28. The molecule has 154 valence electrons. The largest absolute Gasteiger partial charge is 0.497 e. The van der Waals surface area contributed by atoms with Crippen LogP contribution >= 0.6 is 24.8 Å². The van der Waals surface area contributed by atoms with Crippen molar-refractivity contribution in [3.8, 4) is 5.75 Å². The molecule has 2 aliphatic rings. The molecular weight excluding hydrogens is 389 g/mol. The number of rotatable bonds is 4. The van der Waals surface area contributed by atoms with Crippen LogP contribution in [-0.4, -0.2) is 66.2 Å². The predicted molar refractivity (Wildman–Crippen MR) is 111 cm³/mol. The predicted octanol–water partition coefficient (Wildman–Crippen LogP) is 1.67. The van der Waals surface area contributed by atoms with Gasteiger partial charge in [-0.2, -0.15) is 0 Å². The molecule has 1 amide bonds. The van der Waals surface area contributed by atoms with Gasteiger partial charge in [0.2, 0.25) is 5.91 Å². The summed E-state index contributed by atoms with van der Waals surface area (Å²) in [4.78, 5) is 17.0. The van der Waals surface area contributed by atoms with Crippen LogP contribution in [0.3, 0.4) is 0 Å². The van der Waals surface area contributed by atoms with Crippen LogP contribution < -0.4 is 10.5 Å². The summed E-state index contributed by atoms with van der Waals surface area (Å²) in [6.07, 6.45) is 1.48. The number of methoxy groups -OCH3 is 1. The molecule has 3 N–H and O–H groups in total. The highest BCUT2D eigenvalue weighted by atomic mass is 35.5. The lowest BCUT2D eigenvalue weighted by Gasteiger charge is -2.38. The first-order chi connectivity index (χ1) is 12.1. The number of carbonyl (C=O) groups excluding carboxylic acids is 1. The van der Waals surface area contributed by atoms with Crippen LogP contribution in [0.4, 0.5) is 0 Å². The van der Waals surface area contributed by atoms with Gasteiger partial charge in [-0.05, 0) is 37.0 Å². The van der Waals surface area contributed by atoms with Gasteiger partial charge in [-0.25, -0.2) is 0 Å². The summed E-state index contributed by atoms with van der Waals surface area (Å²) in [6.45, 7) is 4.12. The van der Waals surface area contributed by atoms with Gasteiger partial charge in [0.05, 0.1) is 13.2 Å². The van der Waals surface area contributed by atoms with Gasteiger partial charge >= 0.3 is 0 Å². The number of nitrogens with zero attached hydrogens (tertiary/aromatic N) is 2. The van der Waals surface area contributed by atoms with Crippen molar-refractivity contribution < 1.29 is 14.6 Å². The number of carbonyl (C=O) groups is 1. The van der Waals surface area contributed by atoms with Crippen LogP contribution in [0.2, 0.25) is 0 Å². The summed E-state index contributed by atoms with van der Waals surface area (Å²) in [7, 11) is 1.68. The van der Waals surface area contributed by atoms with E-state index in [1.807, 2.05) is 17.0 Å². The summed E-state index contributed by atoms with van der Waals surface area (Å²) in [5.41, 5.74) is 7.07. The molecule has 1 aromatic carbocycles. The Morgan fingerprint density at radius 1 is 1.22 bits per heavy atom. The summed E-state index contributed by atoms with van der Waals surface area (Å²) in [6, 6.07) is 7.94. The number of ether oxygens (including phenoxy) is 1. The van der Waals surface area contributed by atoms with E-state index in [4.69, 9.17) is 10.5 Å². The highest BCUT2D eigenvalue weighted by Crippen LogP contribution is 2.26. The molecule has 3 atom stereocenters. The Balaban J connectivity index is 0.00000182. The zero-order valence-corrected chi connectivity index (χ0v) is 17.4. The van der Waals surface area contributed by atoms with Gasteiger partial charge in [-0.3, -0.25) is 9.69 Å². The Labute approximate surface area is 173 Å². The maximum absolute atomic E-state index is 12.7. The van der Waals surface area contributed by atoms with Crippen LogP contribution in [0.15, 0.2) is 24.3 Å². The lowest BCUT2D eigenvalue weighted by atomic mass is 9.83. The van der Waals surface area contributed by atoms with Gasteiger partial charge < -0.3 is 20.5 Å². The molecule has 1 saturated heterocycles. The fourth-order valence-electron chi connectivity index (χ4n) is 3.81. The monoisotopic (exact) mass is 419 g/mol. The molecule has 8 heteroatoms. The Hall–Kier alpha value is -1.05. The first-order valence-electron chi connectivity index (χ1n) is 9.14. The topological polar surface area (TPSA) is 79.0 Å². The molecule has 0 radical (unpaired) electrons. The van der Waals surface area contributed by atoms with E-state index in [-0.39, 0.29) is 42.7 Å². The summed E-state index contributed by atoms with van der Waals surface area (Å²) in [5, 5.41) is 9.93. The molecule has 2 fully saturated rings. The second-order valence-electron chi connectivity index (χ2n) is 7.19. The normalized spacial score (nSPS) is 25.9. The van der Waals surface area contributed by atoms with Crippen molar-refractivity contribution in [3.63, 3.8) is 0 Å². The first kappa shape index (κ1) is 24.0. The fraction of sp³-hybridized carbons (Fsp3) is 0.632. The first-order valence-corrected chi connectivity index (χ1v) is 9.14. The number of nitrogens with two attached hydrogens (primary N) is 1. The Morgan fingerprint density at radius 3 is 2.56 bits per heavy atom. The third-order valence-electron chi connectivity index (χ3n) is 5.44. The Bertz CT molecular complexity index is 597. The minimum absolute atomic E-state index is 0. The maximum atomic E-state index is 12.7. The number of hydrogen-bond donors (Lipinski definition) is 2. The molecule has 0 spiro atoms. The van der Waals surface area contributed by atoms with Crippen molar-refractivity contribution >= 4 is 30.7 Å². The molecule has 0 aromatic heterocycles. The molecule has 6 nitrogen and oxygen atoms in total. The Kier molecular flexibility index (Phi) is 9.84. The average molecular weight is 420 g/mol. The quantitative estimate of drug-likeness (QED) is 0.775. The minimum Gasteiger partial charge on any atom is -0.497 e. The van der Waals surface area contributed by atoms with Gasteiger partial charge in [0.1, 0.15) is 5.75 Å². The molecule has 1 saturated carbocycles. The van der Waals surface area contributed by atoms with E-state index in [1.54, 1.807) is 7.11 Å². The van der Waals surface area contributed by atoms with Crippen LogP contribution in [0, 0.1) is 5.92 Å². The maximum Gasteiger partial charge on any atom is 0.225 e. The summed E-state index contributed by atoms with van der Waals surface area (Å²) in [5.74, 6) is 0.993. The van der Waals surface area contributed by atoms with Gasteiger partial charge in [0, 0.05) is 44.7 Å². The molecule has 1 aromatic rings. The van der Waals surface area contributed by atoms with E-state index < -0.39 is 6.10 Å². The lowest BCUT2D eigenvalue weighted by Crippen LogP contribution is -2.52. The molecule has 1 aliphatic carbocycles. The number of benzene rings is 1. The molecule has 0 unspecified atom stereocenters. The van der Waals surface area contributed by atoms with Crippen molar-refractivity contribution in [2.24, 2.45) is 11.7 Å². The van der Waals surface area contributed by atoms with Crippen molar-refractivity contribution in [1.29, 1.82) is 0 Å². The Morgan fingerprint density at radius 2 is 1.93 bits per heavy atom. The number of amides is 1. The van der Waals surface area contributed by atoms with E-state index in [1.165, 1.54) is 5.56 Å². The molecule has 0 bridgehead atoms. The van der Waals surface area contributed by atoms with E-state index >= 15 is 0 Å². The number of aliphatic hydroxyl groups excluding tert-OH is 1. The van der Waals surface area contributed by atoms with Gasteiger partial charge in [-0.1, -0.05) is 12.1 Å². The second-order valence-corrected chi connectivity index (χ2v) is 7.19. The molecule has 3 rings (SSSR count). The van der Waals surface area contributed by atoms with Crippen LogP contribution in [-0.2, 0) is 11.3 Å². The van der Waals surface area contributed by atoms with Gasteiger partial charge in [0.15, 0.2) is 0 Å². The molecule has 27 heavy (non-hydrogen) atoms. The lowest BCUT2D eigenvalue weighted by molar-refractivity contribution is -0.140. The highest BCUT2D eigenvalue weighted by Gasteiger charge is 2.34. The average Bonchev–Trinajstić information content (AvgIpc) is 2.64. The summed E-state index contributed by atoms with van der Waals surface area (Å²) >= 11 is 0. The van der Waals surface area contributed by atoms with Crippen LogP contribution in [0.25, 0.3) is 0 Å². The molecule has 1 aliphatic heterocycles. The molecule has 1 heterocycles. The van der Waals surface area contributed by atoms with E-state index in [0.29, 0.717) is 6.42 Å². The third kappa shape index (κ3) is 6.22.